The topological polar surface area (TPSA) is 40.1 Å². The molecule has 0 bridgehead atoms. The minimum absolute atomic E-state index is 0.602. The predicted octanol–water partition coefficient (Wildman–Crippen LogP) is 5.28. The van der Waals surface area contributed by atoms with Gasteiger partial charge in [0.05, 0.1) is 0 Å². The molecule has 0 spiro atoms. The molecule has 0 saturated carbocycles. The van der Waals surface area contributed by atoms with E-state index in [9.17, 15) is 9.46 Å². The van der Waals surface area contributed by atoms with Crippen molar-refractivity contribution in [2.75, 3.05) is 0 Å². The van der Waals surface area contributed by atoms with E-state index in [0.717, 1.165) is 11.1 Å². The Morgan fingerprint density at radius 3 is 1.60 bits per heavy atom. The summed E-state index contributed by atoms with van der Waals surface area (Å²) in [4.78, 5) is 13.3. The van der Waals surface area contributed by atoms with Crippen molar-refractivity contribution in [1.82, 2.24) is 0 Å². The van der Waals surface area contributed by atoms with Gasteiger partial charge in [-0.3, -0.25) is 0 Å². The molecule has 0 aromatic heterocycles. The molecule has 4 aromatic rings. The summed E-state index contributed by atoms with van der Waals surface area (Å²) in [6, 6.07) is 36.2. The fourth-order valence-electron chi connectivity index (χ4n) is 3.98. The molecule has 1 atom stereocenters. The van der Waals surface area contributed by atoms with E-state index in [1.165, 1.54) is 0 Å². The molecular formula is C25H21ClO2P2. The monoisotopic (exact) mass is 450 g/mol. The Hall–Kier alpha value is -2.34. The molecule has 4 aromatic carbocycles. The van der Waals surface area contributed by atoms with Crippen LogP contribution in [0.15, 0.2) is 115 Å². The molecule has 150 valence electrons. The van der Waals surface area contributed by atoms with Gasteiger partial charge < -0.3 is 0 Å². The van der Waals surface area contributed by atoms with Crippen LogP contribution < -0.4 is 20.8 Å². The number of hydrogen-bond donors (Lipinski definition) is 0. The summed E-state index contributed by atoms with van der Waals surface area (Å²) in [5.74, 6) is 0. The van der Waals surface area contributed by atoms with Crippen LogP contribution in [0.1, 0.15) is 11.1 Å². The molecule has 0 saturated heterocycles. The molecule has 1 unspecified atom stereocenters. The molecule has 0 aliphatic carbocycles. The van der Waals surface area contributed by atoms with Crippen molar-refractivity contribution < 1.29 is 9.46 Å². The first-order chi connectivity index (χ1) is 14.6. The summed E-state index contributed by atoms with van der Waals surface area (Å²) >= 11 is 7.61. The van der Waals surface area contributed by atoms with E-state index in [0.29, 0.717) is 22.3 Å². The molecule has 5 heteroatoms. The zero-order valence-corrected chi connectivity index (χ0v) is 18.8. The van der Waals surface area contributed by atoms with Gasteiger partial charge >= 0.3 is 183 Å². The van der Waals surface area contributed by atoms with E-state index in [1.54, 1.807) is 0 Å². The average Bonchev–Trinajstić information content (AvgIpc) is 2.81. The summed E-state index contributed by atoms with van der Waals surface area (Å²) in [6.07, 6.45) is 0.602. The van der Waals surface area contributed by atoms with Gasteiger partial charge in [-0.2, -0.15) is 0 Å². The second kappa shape index (κ2) is 8.42. The summed E-state index contributed by atoms with van der Waals surface area (Å²) in [5.41, 5.74) is -2.27. The number of halogens is 1. The molecule has 0 radical (unpaired) electrons. The van der Waals surface area contributed by atoms with Gasteiger partial charge in [0.2, 0.25) is 0 Å². The fraction of sp³-hybridized carbons (Fsp3) is 0.0400. The molecule has 0 fully saturated rings. The van der Waals surface area contributed by atoms with Gasteiger partial charge in [-0.1, -0.05) is 0 Å². The molecule has 4 rings (SSSR count). The van der Waals surface area contributed by atoms with Crippen LogP contribution in [0.2, 0.25) is 0 Å². The normalized spacial score (nSPS) is 13.3. The molecule has 30 heavy (non-hydrogen) atoms. The van der Waals surface area contributed by atoms with Crippen molar-refractivity contribution in [3.63, 3.8) is 0 Å². The summed E-state index contributed by atoms with van der Waals surface area (Å²) in [7, 11) is -3.05. The molecular weight excluding hydrogens is 430 g/mol. The SMILES string of the molecule is O=[P+]([O-])P(Cl)(c1ccccc1)(c1ccccc1)c1ccccc1Cc1ccccc1. The van der Waals surface area contributed by atoms with E-state index in [2.05, 4.69) is 0 Å². The summed E-state index contributed by atoms with van der Waals surface area (Å²) < 4.78 is 13.3. The minimum atomic E-state index is -4.29. The van der Waals surface area contributed by atoms with Crippen molar-refractivity contribution >= 4 is 40.5 Å². The van der Waals surface area contributed by atoms with Crippen LogP contribution in [-0.4, -0.2) is 0 Å². The molecule has 0 amide bonds. The van der Waals surface area contributed by atoms with Gasteiger partial charge in [-0.15, -0.1) is 0 Å². The molecule has 0 aliphatic rings. The van der Waals surface area contributed by atoms with E-state index in [-0.39, 0.29) is 0 Å². The van der Waals surface area contributed by atoms with Gasteiger partial charge in [0.1, 0.15) is 0 Å². The molecule has 2 nitrogen and oxygen atoms in total. The zero-order valence-electron chi connectivity index (χ0n) is 16.3. The number of hydrogen-bond acceptors (Lipinski definition) is 2. The van der Waals surface area contributed by atoms with Crippen molar-refractivity contribution in [3.05, 3.63) is 126 Å². The van der Waals surface area contributed by atoms with Crippen molar-refractivity contribution in [2.45, 2.75) is 6.42 Å². The zero-order chi connectivity index (χ0) is 21.1. The molecule has 0 aliphatic heterocycles. The summed E-state index contributed by atoms with van der Waals surface area (Å²) in [5, 5.41) is 1.95. The maximum absolute atomic E-state index is 13.3. The van der Waals surface area contributed by atoms with E-state index < -0.39 is 13.4 Å². The first kappa shape index (κ1) is 20.9. The Morgan fingerprint density at radius 1 is 0.667 bits per heavy atom. The molecule has 0 heterocycles. The maximum atomic E-state index is 13.3. The molecule has 0 N–H and O–H groups in total. The van der Waals surface area contributed by atoms with Crippen molar-refractivity contribution in [3.8, 4) is 0 Å². The first-order valence-electron chi connectivity index (χ1n) is 9.67. The number of benzene rings is 4. The Morgan fingerprint density at radius 2 is 1.10 bits per heavy atom. The second-order valence-electron chi connectivity index (χ2n) is 7.16. The van der Waals surface area contributed by atoms with Crippen LogP contribution in [0, 0.1) is 0 Å². The third-order valence-corrected chi connectivity index (χ3v) is 16.5. The van der Waals surface area contributed by atoms with Crippen LogP contribution in [0.3, 0.4) is 0 Å². The van der Waals surface area contributed by atoms with E-state index in [4.69, 9.17) is 11.2 Å². The Balaban J connectivity index is 2.08. The third kappa shape index (κ3) is 3.31. The quantitative estimate of drug-likeness (QED) is 0.375. The van der Waals surface area contributed by atoms with Gasteiger partial charge in [0.25, 0.3) is 0 Å². The average molecular weight is 451 g/mol. The second-order valence-corrected chi connectivity index (χ2v) is 17.2. The third-order valence-electron chi connectivity index (χ3n) is 5.43. The van der Waals surface area contributed by atoms with Crippen LogP contribution in [-0.2, 0) is 11.0 Å². The van der Waals surface area contributed by atoms with E-state index in [1.807, 2.05) is 115 Å². The van der Waals surface area contributed by atoms with Gasteiger partial charge in [0, 0.05) is 0 Å². The first-order valence-corrected chi connectivity index (χ1v) is 14.7. The van der Waals surface area contributed by atoms with Crippen LogP contribution in [0.4, 0.5) is 0 Å². The van der Waals surface area contributed by atoms with Gasteiger partial charge in [-0.25, -0.2) is 0 Å². The van der Waals surface area contributed by atoms with Crippen molar-refractivity contribution in [2.24, 2.45) is 0 Å². The van der Waals surface area contributed by atoms with Gasteiger partial charge in [-0.05, 0) is 0 Å². The Labute approximate surface area is 182 Å². The van der Waals surface area contributed by atoms with Crippen LogP contribution in [0.5, 0.6) is 0 Å². The fourth-order valence-corrected chi connectivity index (χ4v) is 12.1. The standard InChI is InChI=1S/C25H21ClO2P2/c26-30(29(27)28,23-15-6-2-7-16-23,24-17-8-3-9-18-24)25-19-11-10-14-22(25)20-21-12-4-1-5-13-21/h1-19H,20H2. The van der Waals surface area contributed by atoms with Gasteiger partial charge in [0.15, 0.2) is 0 Å². The Bertz CT molecular complexity index is 1130. The number of rotatable bonds is 6. The van der Waals surface area contributed by atoms with Crippen LogP contribution >= 0.6 is 24.6 Å². The van der Waals surface area contributed by atoms with E-state index >= 15 is 0 Å². The summed E-state index contributed by atoms with van der Waals surface area (Å²) in [6.45, 7) is 0. The van der Waals surface area contributed by atoms with Crippen molar-refractivity contribution in [1.29, 1.82) is 0 Å². The predicted molar refractivity (Wildman–Crippen MR) is 128 cm³/mol. The Kier molecular flexibility index (Phi) is 5.87. The van der Waals surface area contributed by atoms with Crippen LogP contribution in [0.25, 0.3) is 0 Å².